The van der Waals surface area contributed by atoms with Gasteiger partial charge in [-0.3, -0.25) is 14.5 Å². The molecule has 7 heteroatoms. The zero-order valence-electron chi connectivity index (χ0n) is 14.4. The Labute approximate surface area is 188 Å². The zero-order chi connectivity index (χ0) is 19.7. The molecule has 140 valence electrons. The molecule has 1 saturated heterocycles. The Kier molecular flexibility index (Phi) is 5.75. The smallest absolute Gasteiger partial charge is 0.293 e. The maximum Gasteiger partial charge on any atom is 0.293 e. The first-order valence-corrected chi connectivity index (χ1v) is 11.0. The number of benzene rings is 2. The van der Waals surface area contributed by atoms with Crippen molar-refractivity contribution in [1.29, 1.82) is 0 Å². The van der Waals surface area contributed by atoms with Gasteiger partial charge in [0.2, 0.25) is 0 Å². The van der Waals surface area contributed by atoms with Crippen LogP contribution in [0.4, 0.5) is 4.79 Å². The summed E-state index contributed by atoms with van der Waals surface area (Å²) in [6.07, 6.45) is 1.63. The number of imide groups is 1. The van der Waals surface area contributed by atoms with Crippen LogP contribution in [0.5, 0.6) is 0 Å². The summed E-state index contributed by atoms with van der Waals surface area (Å²) >= 11 is 6.60. The fourth-order valence-corrected chi connectivity index (χ4v) is 4.34. The first-order chi connectivity index (χ1) is 13.5. The van der Waals surface area contributed by atoms with E-state index < -0.39 is 0 Å². The van der Waals surface area contributed by atoms with E-state index in [4.69, 9.17) is 4.42 Å². The molecule has 2 heterocycles. The average molecular weight is 566 g/mol. The third-order valence-electron chi connectivity index (χ3n) is 4.14. The van der Waals surface area contributed by atoms with Gasteiger partial charge < -0.3 is 4.42 Å². The highest BCUT2D eigenvalue weighted by atomic mass is 127. The summed E-state index contributed by atoms with van der Waals surface area (Å²) in [5, 5.41) is -0.270. The number of nitrogens with zero attached hydrogens (tertiary/aromatic N) is 1. The van der Waals surface area contributed by atoms with Gasteiger partial charge in [0.05, 0.1) is 11.4 Å². The minimum atomic E-state index is -0.297. The molecule has 28 heavy (non-hydrogen) atoms. The van der Waals surface area contributed by atoms with Gasteiger partial charge in [-0.2, -0.15) is 0 Å². The van der Waals surface area contributed by atoms with Gasteiger partial charge in [0.1, 0.15) is 11.5 Å². The van der Waals surface area contributed by atoms with E-state index >= 15 is 0 Å². The number of furan rings is 1. The molecule has 0 spiro atoms. The van der Waals surface area contributed by atoms with Crippen LogP contribution >= 0.6 is 50.3 Å². The summed E-state index contributed by atoms with van der Waals surface area (Å²) in [5.74, 6) is 0.939. The molecule has 0 atom stereocenters. The zero-order valence-corrected chi connectivity index (χ0v) is 19.0. The molecular formula is C21H13BrINO3S. The molecule has 3 aromatic rings. The third-order valence-corrected chi connectivity index (χ3v) is 6.26. The summed E-state index contributed by atoms with van der Waals surface area (Å²) in [6.45, 7) is 0.264. The van der Waals surface area contributed by atoms with Crippen molar-refractivity contribution in [3.8, 4) is 11.3 Å². The van der Waals surface area contributed by atoms with E-state index in [1.54, 1.807) is 12.1 Å². The molecule has 1 fully saturated rings. The van der Waals surface area contributed by atoms with Gasteiger partial charge in [0.15, 0.2) is 0 Å². The molecule has 0 unspecified atom stereocenters. The van der Waals surface area contributed by atoms with Gasteiger partial charge in [0.25, 0.3) is 11.1 Å². The summed E-state index contributed by atoms with van der Waals surface area (Å²) in [6, 6.07) is 19.2. The number of hydrogen-bond donors (Lipinski definition) is 0. The van der Waals surface area contributed by atoms with Crippen LogP contribution in [0.1, 0.15) is 11.3 Å². The predicted molar refractivity (Wildman–Crippen MR) is 123 cm³/mol. The lowest BCUT2D eigenvalue weighted by Crippen LogP contribution is -2.27. The highest BCUT2D eigenvalue weighted by molar-refractivity contribution is 14.1. The van der Waals surface area contributed by atoms with Crippen molar-refractivity contribution in [3.63, 3.8) is 0 Å². The Morgan fingerprint density at radius 2 is 1.86 bits per heavy atom. The van der Waals surface area contributed by atoms with Gasteiger partial charge in [0, 0.05) is 19.7 Å². The van der Waals surface area contributed by atoms with Crippen LogP contribution in [0.15, 0.2) is 74.5 Å². The SMILES string of the molecule is O=C1S/C(=C\c2ccc(-c3cccc(Br)c3)o2)C(=O)N1Cc1ccc(I)cc1. The van der Waals surface area contributed by atoms with Gasteiger partial charge in [-0.25, -0.2) is 0 Å². The van der Waals surface area contributed by atoms with Crippen LogP contribution in [0, 0.1) is 3.57 Å². The Morgan fingerprint density at radius 3 is 2.61 bits per heavy atom. The van der Waals surface area contributed by atoms with E-state index in [0.29, 0.717) is 16.4 Å². The lowest BCUT2D eigenvalue weighted by Gasteiger charge is -2.12. The van der Waals surface area contributed by atoms with E-state index in [9.17, 15) is 9.59 Å². The molecule has 1 aromatic heterocycles. The highest BCUT2D eigenvalue weighted by Crippen LogP contribution is 2.34. The normalized spacial score (nSPS) is 15.6. The van der Waals surface area contributed by atoms with Crippen molar-refractivity contribution in [3.05, 3.63) is 84.9 Å². The van der Waals surface area contributed by atoms with Crippen LogP contribution in [0.3, 0.4) is 0 Å². The molecule has 0 bridgehead atoms. The molecule has 1 aliphatic rings. The maximum absolute atomic E-state index is 12.7. The molecule has 0 saturated carbocycles. The Hall–Kier alpha value is -1.84. The second kappa shape index (κ2) is 8.26. The van der Waals surface area contributed by atoms with E-state index in [1.165, 1.54) is 4.90 Å². The number of carbonyl (C=O) groups excluding carboxylic acids is 2. The second-order valence-electron chi connectivity index (χ2n) is 6.11. The van der Waals surface area contributed by atoms with E-state index in [-0.39, 0.29) is 17.7 Å². The number of amides is 2. The van der Waals surface area contributed by atoms with Crippen LogP contribution in [0.25, 0.3) is 17.4 Å². The van der Waals surface area contributed by atoms with Gasteiger partial charge >= 0.3 is 0 Å². The van der Waals surface area contributed by atoms with E-state index in [2.05, 4.69) is 38.5 Å². The fraction of sp³-hybridized carbons (Fsp3) is 0.0476. The van der Waals surface area contributed by atoms with E-state index in [0.717, 1.165) is 30.9 Å². The summed E-state index contributed by atoms with van der Waals surface area (Å²) in [5.41, 5.74) is 1.85. The van der Waals surface area contributed by atoms with Crippen LogP contribution in [-0.2, 0) is 11.3 Å². The average Bonchev–Trinajstić information content (AvgIpc) is 3.24. The van der Waals surface area contributed by atoms with Crippen molar-refractivity contribution in [2.75, 3.05) is 0 Å². The topological polar surface area (TPSA) is 50.5 Å². The predicted octanol–water partition coefficient (Wildman–Crippen LogP) is 6.55. The van der Waals surface area contributed by atoms with Crippen LogP contribution in [0.2, 0.25) is 0 Å². The minimum Gasteiger partial charge on any atom is -0.457 e. The van der Waals surface area contributed by atoms with Crippen molar-refractivity contribution < 1.29 is 14.0 Å². The molecule has 4 nitrogen and oxygen atoms in total. The first kappa shape index (κ1) is 19.5. The largest absolute Gasteiger partial charge is 0.457 e. The number of carbonyl (C=O) groups is 2. The standard InChI is InChI=1S/C21H13BrINO3S/c22-15-3-1-2-14(10-15)18-9-8-17(27-18)11-19-20(25)24(21(26)28-19)12-13-4-6-16(23)7-5-13/h1-11H,12H2/b19-11-. The molecule has 1 aliphatic heterocycles. The molecular weight excluding hydrogens is 553 g/mol. The molecule has 0 aliphatic carbocycles. The van der Waals surface area contributed by atoms with Crippen molar-refractivity contribution >= 4 is 67.5 Å². The van der Waals surface area contributed by atoms with Crippen molar-refractivity contribution in [2.45, 2.75) is 6.54 Å². The quantitative estimate of drug-likeness (QED) is 0.266. The Bertz CT molecular complexity index is 1090. The highest BCUT2D eigenvalue weighted by Gasteiger charge is 2.35. The molecule has 2 amide bonds. The lowest BCUT2D eigenvalue weighted by molar-refractivity contribution is -0.123. The number of hydrogen-bond acceptors (Lipinski definition) is 4. The maximum atomic E-state index is 12.7. The van der Waals surface area contributed by atoms with Crippen molar-refractivity contribution in [1.82, 2.24) is 4.90 Å². The fourth-order valence-electron chi connectivity index (χ4n) is 2.77. The number of halogens is 2. The van der Waals surface area contributed by atoms with Gasteiger partial charge in [-0.15, -0.1) is 0 Å². The molecule has 0 N–H and O–H groups in total. The number of thioether (sulfide) groups is 1. The lowest BCUT2D eigenvalue weighted by atomic mass is 10.2. The van der Waals surface area contributed by atoms with E-state index in [1.807, 2.05) is 54.6 Å². The molecule has 2 aromatic carbocycles. The molecule has 0 radical (unpaired) electrons. The third kappa shape index (κ3) is 4.26. The van der Waals surface area contributed by atoms with Crippen LogP contribution < -0.4 is 0 Å². The van der Waals surface area contributed by atoms with Gasteiger partial charge in [-0.1, -0.05) is 40.2 Å². The summed E-state index contributed by atoms with van der Waals surface area (Å²) < 4.78 is 7.91. The minimum absolute atomic E-state index is 0.264. The Morgan fingerprint density at radius 1 is 1.07 bits per heavy atom. The van der Waals surface area contributed by atoms with Crippen molar-refractivity contribution in [2.24, 2.45) is 0 Å². The monoisotopic (exact) mass is 565 g/mol. The first-order valence-electron chi connectivity index (χ1n) is 8.35. The van der Waals surface area contributed by atoms with Crippen LogP contribution in [-0.4, -0.2) is 16.0 Å². The summed E-state index contributed by atoms with van der Waals surface area (Å²) in [7, 11) is 0. The Balaban J connectivity index is 1.53. The second-order valence-corrected chi connectivity index (χ2v) is 9.26. The summed E-state index contributed by atoms with van der Waals surface area (Å²) in [4.78, 5) is 26.6. The molecule has 4 rings (SSSR count). The van der Waals surface area contributed by atoms with Gasteiger partial charge in [-0.05, 0) is 76.3 Å². The number of rotatable bonds is 4.